The standard InChI is InChI=1S/C17H29N7/c1-5-24-16(11-22(3)4)20-21-17(24)14-6-8-23(9-7-14)10-15-13(2)18-12-19-15/h12,14H,5-11H2,1-4H3,(H,18,19). The van der Waals surface area contributed by atoms with Gasteiger partial charge in [-0.3, -0.25) is 4.90 Å². The molecule has 3 heterocycles. The first-order valence-corrected chi connectivity index (χ1v) is 8.86. The minimum absolute atomic E-state index is 0.518. The van der Waals surface area contributed by atoms with Crippen LogP contribution in [0.15, 0.2) is 6.33 Å². The van der Waals surface area contributed by atoms with E-state index in [4.69, 9.17) is 0 Å². The number of nitrogens with one attached hydrogen (secondary N) is 1. The number of aromatic nitrogens is 5. The van der Waals surface area contributed by atoms with Crippen molar-refractivity contribution in [1.29, 1.82) is 0 Å². The number of rotatable bonds is 6. The van der Waals surface area contributed by atoms with Crippen molar-refractivity contribution in [1.82, 2.24) is 34.5 Å². The molecule has 7 heteroatoms. The lowest BCUT2D eigenvalue weighted by molar-refractivity contribution is 0.197. The molecule has 132 valence electrons. The van der Waals surface area contributed by atoms with Crippen LogP contribution >= 0.6 is 0 Å². The number of imidazole rings is 1. The van der Waals surface area contributed by atoms with Gasteiger partial charge in [0.25, 0.3) is 0 Å². The van der Waals surface area contributed by atoms with E-state index in [1.54, 1.807) is 6.33 Å². The lowest BCUT2D eigenvalue weighted by atomic mass is 9.95. The fraction of sp³-hybridized carbons (Fsp3) is 0.706. The maximum absolute atomic E-state index is 4.53. The third kappa shape index (κ3) is 3.67. The molecule has 1 saturated heterocycles. The van der Waals surface area contributed by atoms with Crippen LogP contribution in [-0.4, -0.2) is 61.7 Å². The zero-order chi connectivity index (χ0) is 17.1. The predicted molar refractivity (Wildman–Crippen MR) is 93.7 cm³/mol. The molecule has 2 aromatic rings. The number of aryl methyl sites for hydroxylation is 1. The maximum atomic E-state index is 4.53. The molecule has 0 spiro atoms. The van der Waals surface area contributed by atoms with E-state index in [9.17, 15) is 0 Å². The van der Waals surface area contributed by atoms with E-state index < -0.39 is 0 Å². The summed E-state index contributed by atoms with van der Waals surface area (Å²) >= 11 is 0. The Hall–Kier alpha value is -1.73. The fourth-order valence-corrected chi connectivity index (χ4v) is 3.50. The molecule has 2 aromatic heterocycles. The molecule has 1 fully saturated rings. The number of aromatic amines is 1. The summed E-state index contributed by atoms with van der Waals surface area (Å²) in [6.45, 7) is 9.18. The molecular weight excluding hydrogens is 302 g/mol. The third-order valence-corrected chi connectivity index (χ3v) is 4.89. The Balaban J connectivity index is 1.62. The third-order valence-electron chi connectivity index (χ3n) is 4.89. The van der Waals surface area contributed by atoms with Crippen molar-refractivity contribution in [2.24, 2.45) is 0 Å². The second-order valence-electron chi connectivity index (χ2n) is 6.98. The molecule has 1 aliphatic heterocycles. The first-order valence-electron chi connectivity index (χ1n) is 8.86. The average Bonchev–Trinajstić information content (AvgIpc) is 3.14. The summed E-state index contributed by atoms with van der Waals surface area (Å²) in [6.07, 6.45) is 4.07. The largest absolute Gasteiger partial charge is 0.348 e. The molecule has 0 saturated carbocycles. The Morgan fingerprint density at radius 2 is 2.00 bits per heavy atom. The van der Waals surface area contributed by atoms with E-state index in [-0.39, 0.29) is 0 Å². The second-order valence-corrected chi connectivity index (χ2v) is 6.98. The fourth-order valence-electron chi connectivity index (χ4n) is 3.50. The Morgan fingerprint density at radius 1 is 1.25 bits per heavy atom. The van der Waals surface area contributed by atoms with E-state index in [2.05, 4.69) is 62.5 Å². The van der Waals surface area contributed by atoms with Gasteiger partial charge in [-0.25, -0.2) is 4.98 Å². The smallest absolute Gasteiger partial charge is 0.147 e. The molecule has 0 atom stereocenters. The first kappa shape index (κ1) is 17.1. The van der Waals surface area contributed by atoms with Gasteiger partial charge in [0.05, 0.1) is 18.6 Å². The van der Waals surface area contributed by atoms with Crippen LogP contribution in [0.4, 0.5) is 0 Å². The summed E-state index contributed by atoms with van der Waals surface area (Å²) in [6, 6.07) is 0. The van der Waals surface area contributed by atoms with Crippen molar-refractivity contribution in [2.45, 2.75) is 52.2 Å². The van der Waals surface area contributed by atoms with Gasteiger partial charge in [0, 0.05) is 24.7 Å². The molecule has 24 heavy (non-hydrogen) atoms. The Labute approximate surface area is 144 Å². The Bertz CT molecular complexity index is 650. The van der Waals surface area contributed by atoms with Gasteiger partial charge in [-0.05, 0) is 53.9 Å². The van der Waals surface area contributed by atoms with Gasteiger partial charge < -0.3 is 14.5 Å². The van der Waals surface area contributed by atoms with Crippen molar-refractivity contribution in [3.63, 3.8) is 0 Å². The van der Waals surface area contributed by atoms with Gasteiger partial charge in [0.1, 0.15) is 11.6 Å². The molecule has 0 unspecified atom stereocenters. The van der Waals surface area contributed by atoms with Crippen molar-refractivity contribution < 1.29 is 0 Å². The molecule has 7 nitrogen and oxygen atoms in total. The topological polar surface area (TPSA) is 65.9 Å². The lowest BCUT2D eigenvalue weighted by Gasteiger charge is -2.31. The minimum Gasteiger partial charge on any atom is -0.348 e. The van der Waals surface area contributed by atoms with Crippen LogP contribution in [0.3, 0.4) is 0 Å². The Kier molecular flexibility index (Phi) is 5.30. The molecular formula is C17H29N7. The molecule has 3 rings (SSSR count). The highest BCUT2D eigenvalue weighted by Gasteiger charge is 2.26. The van der Waals surface area contributed by atoms with Crippen LogP contribution in [0.1, 0.15) is 48.7 Å². The molecule has 1 aliphatic rings. The molecule has 1 N–H and O–H groups in total. The SMILES string of the molecule is CCn1c(CN(C)C)nnc1C1CCN(Cc2nc[nH]c2C)CC1. The van der Waals surface area contributed by atoms with Gasteiger partial charge >= 0.3 is 0 Å². The quantitative estimate of drug-likeness (QED) is 0.874. The van der Waals surface area contributed by atoms with Gasteiger partial charge in [-0.2, -0.15) is 0 Å². The van der Waals surface area contributed by atoms with Crippen LogP contribution in [0, 0.1) is 6.92 Å². The van der Waals surface area contributed by atoms with Gasteiger partial charge in [-0.15, -0.1) is 10.2 Å². The summed E-state index contributed by atoms with van der Waals surface area (Å²) in [5.74, 6) is 2.77. The highest BCUT2D eigenvalue weighted by atomic mass is 15.3. The average molecular weight is 331 g/mol. The molecule has 0 bridgehead atoms. The van der Waals surface area contributed by atoms with Crippen molar-refractivity contribution in [3.8, 4) is 0 Å². The number of nitrogens with zero attached hydrogens (tertiary/aromatic N) is 6. The molecule has 0 amide bonds. The summed E-state index contributed by atoms with van der Waals surface area (Å²) in [5.41, 5.74) is 2.34. The van der Waals surface area contributed by atoms with Gasteiger partial charge in [0.2, 0.25) is 0 Å². The van der Waals surface area contributed by atoms with E-state index in [1.807, 2.05) is 0 Å². The monoisotopic (exact) mass is 331 g/mol. The van der Waals surface area contributed by atoms with Crippen LogP contribution in [0.2, 0.25) is 0 Å². The summed E-state index contributed by atoms with van der Waals surface area (Å²) < 4.78 is 2.30. The van der Waals surface area contributed by atoms with Gasteiger partial charge in [0.15, 0.2) is 0 Å². The molecule has 0 aliphatic carbocycles. The lowest BCUT2D eigenvalue weighted by Crippen LogP contribution is -2.33. The first-order chi connectivity index (χ1) is 11.6. The number of hydrogen-bond donors (Lipinski definition) is 1. The highest BCUT2D eigenvalue weighted by Crippen LogP contribution is 2.28. The van der Waals surface area contributed by atoms with Crippen molar-refractivity contribution in [2.75, 3.05) is 27.2 Å². The molecule has 0 aromatic carbocycles. The summed E-state index contributed by atoms with van der Waals surface area (Å²) in [7, 11) is 4.15. The van der Waals surface area contributed by atoms with Crippen LogP contribution < -0.4 is 0 Å². The number of hydrogen-bond acceptors (Lipinski definition) is 5. The van der Waals surface area contributed by atoms with E-state index in [0.717, 1.165) is 51.4 Å². The maximum Gasteiger partial charge on any atom is 0.147 e. The van der Waals surface area contributed by atoms with Crippen molar-refractivity contribution >= 4 is 0 Å². The van der Waals surface area contributed by atoms with E-state index >= 15 is 0 Å². The minimum atomic E-state index is 0.518. The second kappa shape index (κ2) is 7.44. The van der Waals surface area contributed by atoms with Gasteiger partial charge in [-0.1, -0.05) is 0 Å². The van der Waals surface area contributed by atoms with Crippen LogP contribution in [0.5, 0.6) is 0 Å². The van der Waals surface area contributed by atoms with Crippen LogP contribution in [0.25, 0.3) is 0 Å². The Morgan fingerprint density at radius 3 is 2.58 bits per heavy atom. The van der Waals surface area contributed by atoms with E-state index in [0.29, 0.717) is 5.92 Å². The summed E-state index contributed by atoms with van der Waals surface area (Å²) in [4.78, 5) is 12.2. The van der Waals surface area contributed by atoms with Crippen LogP contribution in [-0.2, 0) is 19.6 Å². The zero-order valence-corrected chi connectivity index (χ0v) is 15.3. The van der Waals surface area contributed by atoms with Crippen molar-refractivity contribution in [3.05, 3.63) is 29.4 Å². The van der Waals surface area contributed by atoms with E-state index in [1.165, 1.54) is 17.2 Å². The number of H-pyrrole nitrogens is 1. The number of likely N-dealkylation sites (tertiary alicyclic amines) is 1. The zero-order valence-electron chi connectivity index (χ0n) is 15.3. The predicted octanol–water partition coefficient (Wildman–Crippen LogP) is 1.77. The number of piperidine rings is 1. The highest BCUT2D eigenvalue weighted by molar-refractivity contribution is 5.09. The molecule has 0 radical (unpaired) electrons. The normalized spacial score (nSPS) is 17.0. The summed E-state index contributed by atoms with van der Waals surface area (Å²) in [5, 5.41) is 8.97.